The van der Waals surface area contributed by atoms with E-state index in [4.69, 9.17) is 0 Å². The molecule has 122 valence electrons. The largest absolute Gasteiger partial charge is 0.363 e. The van der Waals surface area contributed by atoms with Gasteiger partial charge < -0.3 is 4.90 Å². The minimum absolute atomic E-state index is 0.136. The molecular formula is C14H16N4O4S. The Kier molecular flexibility index (Phi) is 4.50. The van der Waals surface area contributed by atoms with Crippen LogP contribution in [-0.4, -0.2) is 32.4 Å². The zero-order chi connectivity index (χ0) is 17.2. The molecule has 1 aromatic heterocycles. The number of benzene rings is 1. The number of nitro groups is 1. The Labute approximate surface area is 134 Å². The number of nitrogens with zero attached hydrogens (tertiary/aromatic N) is 3. The molecule has 1 aromatic carbocycles. The number of hydrogen-bond acceptors (Lipinski definition) is 6. The molecule has 2 rings (SSSR count). The summed E-state index contributed by atoms with van der Waals surface area (Å²) in [5.74, 6) is 0.680. The number of nitro benzene ring substituents is 1. The van der Waals surface area contributed by atoms with Gasteiger partial charge in [0.1, 0.15) is 5.82 Å². The van der Waals surface area contributed by atoms with Crippen LogP contribution in [0, 0.1) is 17.0 Å². The van der Waals surface area contributed by atoms with Gasteiger partial charge in [-0.2, -0.15) is 0 Å². The van der Waals surface area contributed by atoms with Gasteiger partial charge in [-0.3, -0.25) is 14.8 Å². The zero-order valence-electron chi connectivity index (χ0n) is 12.8. The molecule has 0 aliphatic heterocycles. The van der Waals surface area contributed by atoms with E-state index >= 15 is 0 Å². The maximum absolute atomic E-state index is 12.4. The first-order valence-corrected chi connectivity index (χ1v) is 8.10. The van der Waals surface area contributed by atoms with E-state index in [9.17, 15) is 18.5 Å². The zero-order valence-corrected chi connectivity index (χ0v) is 13.7. The summed E-state index contributed by atoms with van der Waals surface area (Å²) in [5.41, 5.74) is 0.416. The highest BCUT2D eigenvalue weighted by molar-refractivity contribution is 7.92. The molecule has 0 aliphatic rings. The third-order valence-electron chi connectivity index (χ3n) is 3.13. The number of sulfonamides is 1. The Bertz CT molecular complexity index is 832. The second-order valence-corrected chi connectivity index (χ2v) is 6.76. The van der Waals surface area contributed by atoms with E-state index in [0.717, 1.165) is 6.07 Å². The molecule has 2 aromatic rings. The number of hydrogen-bond donors (Lipinski definition) is 1. The van der Waals surface area contributed by atoms with Crippen molar-refractivity contribution in [3.8, 4) is 0 Å². The number of aryl methyl sites for hydroxylation is 1. The van der Waals surface area contributed by atoms with Crippen LogP contribution in [0.3, 0.4) is 0 Å². The predicted octanol–water partition coefficient (Wildman–Crippen LogP) is 2.17. The van der Waals surface area contributed by atoms with E-state index in [-0.39, 0.29) is 16.3 Å². The lowest BCUT2D eigenvalue weighted by atomic mass is 10.2. The molecule has 0 spiro atoms. The average Bonchev–Trinajstić information content (AvgIpc) is 2.47. The van der Waals surface area contributed by atoms with Gasteiger partial charge in [-0.1, -0.05) is 6.07 Å². The summed E-state index contributed by atoms with van der Waals surface area (Å²) in [6, 6.07) is 6.95. The molecule has 0 radical (unpaired) electrons. The van der Waals surface area contributed by atoms with Gasteiger partial charge in [0.2, 0.25) is 0 Å². The van der Waals surface area contributed by atoms with Crippen molar-refractivity contribution in [2.24, 2.45) is 0 Å². The van der Waals surface area contributed by atoms with Crippen LogP contribution in [-0.2, 0) is 10.0 Å². The fourth-order valence-electron chi connectivity index (χ4n) is 1.91. The average molecular weight is 336 g/mol. The van der Waals surface area contributed by atoms with E-state index in [1.54, 1.807) is 24.0 Å². The highest BCUT2D eigenvalue weighted by atomic mass is 32.2. The molecule has 0 amide bonds. The van der Waals surface area contributed by atoms with E-state index < -0.39 is 14.9 Å². The maximum atomic E-state index is 12.4. The standard InChI is InChI=1S/C14H16N4O4S/c1-10-4-6-12(18(19)20)8-13(10)23(21,22)16-11-5-7-14(15-9-11)17(2)3/h4-9,16H,1-3H3. The quantitative estimate of drug-likeness (QED) is 0.662. The van der Waals surface area contributed by atoms with Crippen LogP contribution in [0.25, 0.3) is 0 Å². The summed E-state index contributed by atoms with van der Waals surface area (Å²) in [7, 11) is -0.305. The van der Waals surface area contributed by atoms with Crippen molar-refractivity contribution in [3.05, 3.63) is 52.2 Å². The molecule has 0 saturated carbocycles. The third-order valence-corrected chi connectivity index (χ3v) is 4.65. The smallest absolute Gasteiger partial charge is 0.270 e. The Morgan fingerprint density at radius 2 is 1.91 bits per heavy atom. The van der Waals surface area contributed by atoms with Crippen molar-refractivity contribution in [2.75, 3.05) is 23.7 Å². The second-order valence-electron chi connectivity index (χ2n) is 5.11. The summed E-state index contributed by atoms with van der Waals surface area (Å²) >= 11 is 0. The highest BCUT2D eigenvalue weighted by Gasteiger charge is 2.20. The van der Waals surface area contributed by atoms with Crippen LogP contribution in [0.4, 0.5) is 17.2 Å². The van der Waals surface area contributed by atoms with E-state index in [1.807, 2.05) is 14.1 Å². The van der Waals surface area contributed by atoms with E-state index in [1.165, 1.54) is 18.3 Å². The fourth-order valence-corrected chi connectivity index (χ4v) is 3.22. The van der Waals surface area contributed by atoms with Crippen LogP contribution in [0.1, 0.15) is 5.56 Å². The number of pyridine rings is 1. The van der Waals surface area contributed by atoms with E-state index in [2.05, 4.69) is 9.71 Å². The minimum atomic E-state index is -3.94. The molecule has 23 heavy (non-hydrogen) atoms. The molecule has 0 aliphatic carbocycles. The fraction of sp³-hybridized carbons (Fsp3) is 0.214. The normalized spacial score (nSPS) is 11.1. The number of non-ortho nitro benzene ring substituents is 1. The third kappa shape index (κ3) is 3.75. The lowest BCUT2D eigenvalue weighted by Crippen LogP contribution is -2.15. The van der Waals surface area contributed by atoms with E-state index in [0.29, 0.717) is 11.4 Å². The lowest BCUT2D eigenvalue weighted by molar-refractivity contribution is -0.385. The summed E-state index contributed by atoms with van der Waals surface area (Å²) in [5, 5.41) is 10.8. The molecule has 0 unspecified atom stereocenters. The van der Waals surface area contributed by atoms with Gasteiger partial charge in [-0.05, 0) is 24.6 Å². The summed E-state index contributed by atoms with van der Waals surface area (Å²) in [6.07, 6.45) is 1.39. The van der Waals surface area contributed by atoms with Gasteiger partial charge in [-0.25, -0.2) is 13.4 Å². The van der Waals surface area contributed by atoms with Crippen molar-refractivity contribution < 1.29 is 13.3 Å². The van der Waals surface area contributed by atoms with Crippen molar-refractivity contribution in [2.45, 2.75) is 11.8 Å². The first kappa shape index (κ1) is 16.7. The molecule has 1 heterocycles. The Balaban J connectivity index is 2.35. The van der Waals surface area contributed by atoms with Crippen molar-refractivity contribution in [1.29, 1.82) is 0 Å². The number of nitrogens with one attached hydrogen (secondary N) is 1. The lowest BCUT2D eigenvalue weighted by Gasteiger charge is -2.13. The van der Waals surface area contributed by atoms with Gasteiger partial charge in [-0.15, -0.1) is 0 Å². The van der Waals surface area contributed by atoms with Gasteiger partial charge >= 0.3 is 0 Å². The van der Waals surface area contributed by atoms with Crippen LogP contribution in [0.15, 0.2) is 41.4 Å². The van der Waals surface area contributed by atoms with Crippen LogP contribution in [0.5, 0.6) is 0 Å². The first-order chi connectivity index (χ1) is 10.7. The maximum Gasteiger partial charge on any atom is 0.270 e. The predicted molar refractivity (Wildman–Crippen MR) is 87.2 cm³/mol. The Morgan fingerprint density at radius 3 is 2.43 bits per heavy atom. The summed E-state index contributed by atoms with van der Waals surface area (Å²) < 4.78 is 27.3. The second kappa shape index (κ2) is 6.21. The van der Waals surface area contributed by atoms with Gasteiger partial charge in [0.05, 0.1) is 21.7 Å². The molecule has 0 fully saturated rings. The van der Waals surface area contributed by atoms with Crippen molar-refractivity contribution in [3.63, 3.8) is 0 Å². The minimum Gasteiger partial charge on any atom is -0.363 e. The molecule has 9 heteroatoms. The molecular weight excluding hydrogens is 320 g/mol. The highest BCUT2D eigenvalue weighted by Crippen LogP contribution is 2.24. The Hall–Kier alpha value is -2.68. The van der Waals surface area contributed by atoms with Crippen LogP contribution < -0.4 is 9.62 Å². The summed E-state index contributed by atoms with van der Waals surface area (Å²) in [4.78, 5) is 16.0. The number of aromatic nitrogens is 1. The van der Waals surface area contributed by atoms with Crippen LogP contribution in [0.2, 0.25) is 0 Å². The van der Waals surface area contributed by atoms with Gasteiger partial charge in [0.25, 0.3) is 15.7 Å². The van der Waals surface area contributed by atoms with Crippen LogP contribution >= 0.6 is 0 Å². The molecule has 8 nitrogen and oxygen atoms in total. The number of rotatable bonds is 5. The van der Waals surface area contributed by atoms with Crippen molar-refractivity contribution in [1.82, 2.24) is 4.98 Å². The molecule has 0 bridgehead atoms. The summed E-state index contributed by atoms with van der Waals surface area (Å²) in [6.45, 7) is 1.58. The molecule has 1 N–H and O–H groups in total. The first-order valence-electron chi connectivity index (χ1n) is 6.62. The molecule has 0 saturated heterocycles. The SMILES string of the molecule is Cc1ccc([N+](=O)[O-])cc1S(=O)(=O)Nc1ccc(N(C)C)nc1. The van der Waals surface area contributed by atoms with Gasteiger partial charge in [0, 0.05) is 26.2 Å². The van der Waals surface area contributed by atoms with Crippen molar-refractivity contribution >= 4 is 27.2 Å². The molecule has 0 atom stereocenters. The van der Waals surface area contributed by atoms with Gasteiger partial charge in [0.15, 0.2) is 0 Å². The topological polar surface area (TPSA) is 105 Å². The monoisotopic (exact) mass is 336 g/mol. The number of anilines is 2. The Morgan fingerprint density at radius 1 is 1.22 bits per heavy atom.